The number of guanidine groups is 1. The lowest BCUT2D eigenvalue weighted by molar-refractivity contribution is -0.130. The zero-order valence-electron chi connectivity index (χ0n) is 14.7. The number of piperidine rings is 1. The van der Waals surface area contributed by atoms with Crippen molar-refractivity contribution in [1.29, 1.82) is 0 Å². The van der Waals surface area contributed by atoms with Crippen LogP contribution in [0.1, 0.15) is 65.7 Å². The number of amides is 1. The molecule has 1 amide bonds. The molecule has 1 heterocycles. The molecule has 0 aromatic rings. The van der Waals surface area contributed by atoms with E-state index in [2.05, 4.69) is 29.5 Å². The highest BCUT2D eigenvalue weighted by molar-refractivity contribution is 5.85. The van der Waals surface area contributed by atoms with Gasteiger partial charge in [0.25, 0.3) is 0 Å². The molecule has 128 valence electrons. The first kappa shape index (κ1) is 18.8. The number of carbonyl (C=O) groups is 1. The Balaban J connectivity index is 2.41. The summed E-state index contributed by atoms with van der Waals surface area (Å²) in [5.41, 5.74) is 0. The van der Waals surface area contributed by atoms with Gasteiger partial charge in [0, 0.05) is 25.7 Å². The standard InChI is InChI=1S/C17H34N4O/c1-4-6-8-11-15(3)20-17(18-5-2)19-14-16(22)21-12-9-7-10-13-21/h15H,4-14H2,1-3H3,(H2,18,19,20). The van der Waals surface area contributed by atoms with E-state index in [1.807, 2.05) is 11.8 Å². The van der Waals surface area contributed by atoms with Crippen molar-refractivity contribution in [2.75, 3.05) is 26.2 Å². The van der Waals surface area contributed by atoms with Crippen molar-refractivity contribution in [2.45, 2.75) is 71.8 Å². The van der Waals surface area contributed by atoms with Crippen molar-refractivity contribution in [3.05, 3.63) is 0 Å². The van der Waals surface area contributed by atoms with Crippen LogP contribution in [0.5, 0.6) is 0 Å². The maximum Gasteiger partial charge on any atom is 0.244 e. The molecule has 1 unspecified atom stereocenters. The van der Waals surface area contributed by atoms with Gasteiger partial charge in [0.2, 0.25) is 5.91 Å². The molecule has 1 aliphatic rings. The molecule has 0 spiro atoms. The first-order valence-electron chi connectivity index (χ1n) is 9.00. The predicted molar refractivity (Wildman–Crippen MR) is 93.1 cm³/mol. The van der Waals surface area contributed by atoms with E-state index in [-0.39, 0.29) is 12.5 Å². The third kappa shape index (κ3) is 7.66. The van der Waals surface area contributed by atoms with Gasteiger partial charge in [0.05, 0.1) is 0 Å². The number of nitrogens with one attached hydrogen (secondary N) is 2. The zero-order chi connectivity index (χ0) is 16.2. The van der Waals surface area contributed by atoms with E-state index in [0.29, 0.717) is 6.04 Å². The van der Waals surface area contributed by atoms with Crippen LogP contribution in [0.3, 0.4) is 0 Å². The molecular weight excluding hydrogens is 276 g/mol. The number of nitrogens with zero attached hydrogens (tertiary/aromatic N) is 2. The molecule has 0 radical (unpaired) electrons. The summed E-state index contributed by atoms with van der Waals surface area (Å²) in [5, 5.41) is 6.63. The molecular formula is C17H34N4O. The third-order valence-corrected chi connectivity index (χ3v) is 4.05. The van der Waals surface area contributed by atoms with Gasteiger partial charge in [-0.25, -0.2) is 4.99 Å². The molecule has 0 aromatic carbocycles. The normalized spacial score (nSPS) is 17.2. The number of carbonyl (C=O) groups excluding carboxylic acids is 1. The molecule has 22 heavy (non-hydrogen) atoms. The Bertz CT molecular complexity index is 338. The molecule has 2 N–H and O–H groups in total. The van der Waals surface area contributed by atoms with Gasteiger partial charge in [-0.3, -0.25) is 4.79 Å². The molecule has 0 aliphatic carbocycles. The second-order valence-corrected chi connectivity index (χ2v) is 6.18. The topological polar surface area (TPSA) is 56.7 Å². The van der Waals surface area contributed by atoms with Crippen LogP contribution in [-0.2, 0) is 4.79 Å². The summed E-state index contributed by atoms with van der Waals surface area (Å²) in [4.78, 5) is 18.6. The van der Waals surface area contributed by atoms with Gasteiger partial charge in [-0.1, -0.05) is 26.2 Å². The van der Waals surface area contributed by atoms with Crippen LogP contribution in [0.4, 0.5) is 0 Å². The molecule has 1 aliphatic heterocycles. The van der Waals surface area contributed by atoms with E-state index in [1.165, 1.54) is 25.7 Å². The fraction of sp³-hybridized carbons (Fsp3) is 0.882. The Kier molecular flexibility index (Phi) is 9.67. The maximum absolute atomic E-state index is 12.2. The Hall–Kier alpha value is -1.26. The van der Waals surface area contributed by atoms with Crippen molar-refractivity contribution in [3.8, 4) is 0 Å². The summed E-state index contributed by atoms with van der Waals surface area (Å²) in [6, 6.07) is 0.384. The minimum absolute atomic E-state index is 0.149. The minimum Gasteiger partial charge on any atom is -0.357 e. The first-order chi connectivity index (χ1) is 10.7. The van der Waals surface area contributed by atoms with Crippen LogP contribution in [-0.4, -0.2) is 49.0 Å². The third-order valence-electron chi connectivity index (χ3n) is 4.05. The molecule has 1 saturated heterocycles. The quantitative estimate of drug-likeness (QED) is 0.411. The first-order valence-corrected chi connectivity index (χ1v) is 9.00. The smallest absolute Gasteiger partial charge is 0.244 e. The second kappa shape index (κ2) is 11.3. The number of aliphatic imine (C=N–C) groups is 1. The highest BCUT2D eigenvalue weighted by atomic mass is 16.2. The minimum atomic E-state index is 0.149. The summed E-state index contributed by atoms with van der Waals surface area (Å²) in [7, 11) is 0. The lowest BCUT2D eigenvalue weighted by Crippen LogP contribution is -2.43. The average Bonchev–Trinajstić information content (AvgIpc) is 2.53. The van der Waals surface area contributed by atoms with E-state index < -0.39 is 0 Å². The Morgan fingerprint density at radius 2 is 1.91 bits per heavy atom. The van der Waals surface area contributed by atoms with Crippen LogP contribution in [0, 0.1) is 0 Å². The molecule has 0 bridgehead atoms. The number of likely N-dealkylation sites (tertiary alicyclic amines) is 1. The largest absolute Gasteiger partial charge is 0.357 e. The lowest BCUT2D eigenvalue weighted by atomic mass is 10.1. The maximum atomic E-state index is 12.2. The van der Waals surface area contributed by atoms with Gasteiger partial charge in [-0.05, 0) is 39.5 Å². The van der Waals surface area contributed by atoms with Crippen LogP contribution in [0.2, 0.25) is 0 Å². The Morgan fingerprint density at radius 3 is 2.55 bits per heavy atom. The molecule has 5 nitrogen and oxygen atoms in total. The van der Waals surface area contributed by atoms with Crippen molar-refractivity contribution >= 4 is 11.9 Å². The van der Waals surface area contributed by atoms with Gasteiger partial charge in [0.1, 0.15) is 6.54 Å². The summed E-state index contributed by atoms with van der Waals surface area (Å²) >= 11 is 0. The molecule has 0 aromatic heterocycles. The summed E-state index contributed by atoms with van der Waals surface area (Å²) in [5.74, 6) is 0.910. The summed E-state index contributed by atoms with van der Waals surface area (Å²) in [6.45, 7) is 9.29. The van der Waals surface area contributed by atoms with E-state index in [4.69, 9.17) is 0 Å². The zero-order valence-corrected chi connectivity index (χ0v) is 14.7. The predicted octanol–water partition coefficient (Wildman–Crippen LogP) is 2.52. The lowest BCUT2D eigenvalue weighted by Gasteiger charge is -2.26. The van der Waals surface area contributed by atoms with E-state index in [1.54, 1.807) is 0 Å². The Labute approximate surface area is 135 Å². The number of hydrogen-bond acceptors (Lipinski definition) is 2. The SMILES string of the molecule is CCCCCC(C)NC(=NCC(=O)N1CCCCC1)NCC. The number of hydrogen-bond donors (Lipinski definition) is 2. The fourth-order valence-corrected chi connectivity index (χ4v) is 2.72. The molecule has 0 saturated carbocycles. The average molecular weight is 310 g/mol. The fourth-order valence-electron chi connectivity index (χ4n) is 2.72. The van der Waals surface area contributed by atoms with Crippen LogP contribution in [0.25, 0.3) is 0 Å². The van der Waals surface area contributed by atoms with Gasteiger partial charge in [-0.2, -0.15) is 0 Å². The van der Waals surface area contributed by atoms with E-state index in [9.17, 15) is 4.79 Å². The van der Waals surface area contributed by atoms with Crippen molar-refractivity contribution in [2.24, 2.45) is 4.99 Å². The highest BCUT2D eigenvalue weighted by Gasteiger charge is 2.16. The van der Waals surface area contributed by atoms with Crippen LogP contribution < -0.4 is 10.6 Å². The number of unbranched alkanes of at least 4 members (excludes halogenated alkanes) is 2. The molecule has 1 fully saturated rings. The highest BCUT2D eigenvalue weighted by Crippen LogP contribution is 2.08. The van der Waals surface area contributed by atoms with Gasteiger partial charge in [-0.15, -0.1) is 0 Å². The summed E-state index contributed by atoms with van der Waals surface area (Å²) < 4.78 is 0. The molecule has 1 rings (SSSR count). The molecule has 1 atom stereocenters. The van der Waals surface area contributed by atoms with Crippen molar-refractivity contribution < 1.29 is 4.79 Å². The number of rotatable bonds is 8. The second-order valence-electron chi connectivity index (χ2n) is 6.18. The van der Waals surface area contributed by atoms with Gasteiger partial charge < -0.3 is 15.5 Å². The monoisotopic (exact) mass is 310 g/mol. The molecule has 5 heteroatoms. The summed E-state index contributed by atoms with van der Waals surface area (Å²) in [6.07, 6.45) is 8.38. The van der Waals surface area contributed by atoms with E-state index >= 15 is 0 Å². The van der Waals surface area contributed by atoms with Crippen LogP contribution in [0.15, 0.2) is 4.99 Å². The van der Waals surface area contributed by atoms with Gasteiger partial charge >= 0.3 is 0 Å². The Morgan fingerprint density at radius 1 is 1.18 bits per heavy atom. The van der Waals surface area contributed by atoms with Crippen LogP contribution >= 0.6 is 0 Å². The van der Waals surface area contributed by atoms with Crippen molar-refractivity contribution in [3.63, 3.8) is 0 Å². The van der Waals surface area contributed by atoms with Crippen molar-refractivity contribution in [1.82, 2.24) is 15.5 Å². The van der Waals surface area contributed by atoms with Gasteiger partial charge in [0.15, 0.2) is 5.96 Å². The van der Waals surface area contributed by atoms with E-state index in [0.717, 1.165) is 44.9 Å².